The second kappa shape index (κ2) is 13.9. The zero-order chi connectivity index (χ0) is 31.2. The first-order valence-corrected chi connectivity index (χ1v) is 14.3. The third kappa shape index (κ3) is 7.03. The Morgan fingerprint density at radius 2 is 1.68 bits per heavy atom. The predicted molar refractivity (Wildman–Crippen MR) is 160 cm³/mol. The van der Waals surface area contributed by atoms with E-state index in [1.165, 1.54) is 7.11 Å². The highest BCUT2D eigenvalue weighted by molar-refractivity contribution is 6.06. The fraction of sp³-hybridized carbons (Fsp3) is 0.387. The molecule has 0 aliphatic carbocycles. The molecule has 5 rings (SSSR count). The van der Waals surface area contributed by atoms with E-state index >= 15 is 0 Å². The zero-order valence-electron chi connectivity index (χ0n) is 24.1. The average molecular weight is 609 g/mol. The van der Waals surface area contributed by atoms with Crippen LogP contribution in [-0.4, -0.2) is 94.7 Å². The molecule has 2 aliphatic heterocycles. The van der Waals surface area contributed by atoms with Crippen molar-refractivity contribution >= 4 is 28.9 Å². The van der Waals surface area contributed by atoms with Gasteiger partial charge in [0.15, 0.2) is 6.10 Å². The first-order valence-electron chi connectivity index (χ1n) is 14.3. The largest absolute Gasteiger partial charge is 0.497 e. The maximum Gasteiger partial charge on any atom is 0.335 e. The summed E-state index contributed by atoms with van der Waals surface area (Å²) < 4.78 is 16.4. The van der Waals surface area contributed by atoms with Crippen LogP contribution in [0.2, 0.25) is 0 Å². The van der Waals surface area contributed by atoms with E-state index in [2.05, 4.69) is 20.5 Å². The van der Waals surface area contributed by atoms with E-state index in [0.717, 1.165) is 31.6 Å². The number of aromatic nitrogens is 1. The maximum atomic E-state index is 13.2. The number of anilines is 3. The van der Waals surface area contributed by atoms with Crippen LogP contribution in [0.3, 0.4) is 0 Å². The summed E-state index contributed by atoms with van der Waals surface area (Å²) in [7, 11) is 1.53. The lowest BCUT2D eigenvalue weighted by Crippen LogP contribution is -2.61. The number of carbonyl (C=O) groups is 2. The molecule has 0 saturated carbocycles. The van der Waals surface area contributed by atoms with Gasteiger partial charge in [0.25, 0.3) is 5.91 Å². The van der Waals surface area contributed by atoms with E-state index in [1.54, 1.807) is 54.9 Å². The Labute approximate surface area is 254 Å². The number of aliphatic hydroxyl groups excluding tert-OH is 3. The van der Waals surface area contributed by atoms with Crippen molar-refractivity contribution in [1.82, 2.24) is 4.98 Å². The number of hydrogen-bond acceptors (Lipinski definition) is 11. The number of aliphatic carboxylic acids is 1. The number of nitrogens with zero attached hydrogens (tertiary/aromatic N) is 2. The number of amides is 1. The van der Waals surface area contributed by atoms with Crippen LogP contribution < -0.4 is 25.0 Å². The first-order chi connectivity index (χ1) is 21.2. The van der Waals surface area contributed by atoms with E-state index < -0.39 is 42.6 Å². The predicted octanol–water partition coefficient (Wildman–Crippen LogP) is 1.94. The molecule has 0 radical (unpaired) electrons. The molecule has 234 valence electrons. The average Bonchev–Trinajstić information content (AvgIpc) is 3.05. The van der Waals surface area contributed by atoms with Crippen molar-refractivity contribution in [2.45, 2.75) is 43.5 Å². The summed E-state index contributed by atoms with van der Waals surface area (Å²) in [6.07, 6.45) is -3.52. The lowest BCUT2D eigenvalue weighted by molar-refractivity contribution is -0.271. The van der Waals surface area contributed by atoms with Crippen molar-refractivity contribution in [3.8, 4) is 11.5 Å². The van der Waals surface area contributed by atoms with E-state index in [-0.39, 0.29) is 11.7 Å². The molecule has 1 aromatic heterocycles. The van der Waals surface area contributed by atoms with Gasteiger partial charge in [-0.05, 0) is 67.3 Å². The summed E-state index contributed by atoms with van der Waals surface area (Å²) >= 11 is 0. The maximum absolute atomic E-state index is 13.2. The Kier molecular flexibility index (Phi) is 9.80. The highest BCUT2D eigenvalue weighted by Crippen LogP contribution is 2.36. The number of piperidine rings is 1. The number of carboxylic acids is 1. The van der Waals surface area contributed by atoms with Crippen LogP contribution in [0.15, 0.2) is 67.0 Å². The van der Waals surface area contributed by atoms with Crippen molar-refractivity contribution in [1.29, 1.82) is 0 Å². The molecule has 0 bridgehead atoms. The van der Waals surface area contributed by atoms with Crippen LogP contribution in [0.5, 0.6) is 11.5 Å². The van der Waals surface area contributed by atoms with Gasteiger partial charge in [0.05, 0.1) is 12.8 Å². The number of carbonyl (C=O) groups excluding carboxylic acids is 1. The van der Waals surface area contributed by atoms with Crippen molar-refractivity contribution in [2.75, 3.05) is 42.3 Å². The second-order valence-electron chi connectivity index (χ2n) is 10.7. The van der Waals surface area contributed by atoms with Crippen LogP contribution in [0, 0.1) is 5.92 Å². The fourth-order valence-electron chi connectivity index (χ4n) is 5.32. The van der Waals surface area contributed by atoms with Gasteiger partial charge in [0.2, 0.25) is 6.29 Å². The number of carboxylic acid groups (broad SMARTS) is 1. The molecule has 13 heteroatoms. The molecule has 3 aromatic rings. The summed E-state index contributed by atoms with van der Waals surface area (Å²) in [5.74, 6) is -0.877. The minimum absolute atomic E-state index is 0.142. The van der Waals surface area contributed by atoms with Crippen LogP contribution >= 0.6 is 0 Å². The monoisotopic (exact) mass is 608 g/mol. The molecule has 13 nitrogen and oxygen atoms in total. The van der Waals surface area contributed by atoms with Crippen LogP contribution in [0.1, 0.15) is 23.2 Å². The van der Waals surface area contributed by atoms with Gasteiger partial charge in [-0.1, -0.05) is 6.07 Å². The minimum atomic E-state index is -1.85. The first kappa shape index (κ1) is 31.0. The summed E-state index contributed by atoms with van der Waals surface area (Å²) in [5.41, 5.74) is 2.26. The Hall–Kier alpha value is -4.43. The molecular weight excluding hydrogens is 572 g/mol. The molecule has 6 N–H and O–H groups in total. The number of benzene rings is 2. The number of pyridine rings is 1. The molecular formula is C31H36N4O9. The number of hydrogen-bond donors (Lipinski definition) is 6. The number of aliphatic hydroxyl groups is 3. The lowest BCUT2D eigenvalue weighted by atomic mass is 9.96. The Morgan fingerprint density at radius 3 is 2.34 bits per heavy atom. The highest BCUT2D eigenvalue weighted by atomic mass is 16.7. The van der Waals surface area contributed by atoms with Crippen molar-refractivity contribution < 1.29 is 44.2 Å². The third-order valence-corrected chi connectivity index (χ3v) is 7.89. The SMILES string of the molecule is COc1ccc(C(=O)Nc2cccc(O[C@@H]3O[C@H](C(=O)O)[C@@H](O)[C@H](O)[C@H]3O)c2NCC2CCN(c3ccncc3)CC2)cc1. The molecule has 44 heavy (non-hydrogen) atoms. The molecule has 3 heterocycles. The second-order valence-corrected chi connectivity index (χ2v) is 10.7. The van der Waals surface area contributed by atoms with Crippen molar-refractivity contribution in [3.63, 3.8) is 0 Å². The van der Waals surface area contributed by atoms with Crippen molar-refractivity contribution in [3.05, 3.63) is 72.6 Å². The number of ether oxygens (including phenoxy) is 3. The van der Waals surface area contributed by atoms with Crippen LogP contribution in [-0.2, 0) is 9.53 Å². The Morgan fingerprint density at radius 1 is 0.977 bits per heavy atom. The quantitative estimate of drug-likeness (QED) is 0.197. The van der Waals surface area contributed by atoms with Gasteiger partial charge >= 0.3 is 5.97 Å². The van der Waals surface area contributed by atoms with Crippen LogP contribution in [0.25, 0.3) is 0 Å². The smallest absolute Gasteiger partial charge is 0.335 e. The van der Waals surface area contributed by atoms with Gasteiger partial charge in [0, 0.05) is 43.3 Å². The molecule has 2 aliphatic rings. The minimum Gasteiger partial charge on any atom is -0.497 e. The van der Waals surface area contributed by atoms with Crippen LogP contribution in [0.4, 0.5) is 17.1 Å². The Balaban J connectivity index is 1.35. The van der Waals surface area contributed by atoms with E-state index in [1.807, 2.05) is 12.1 Å². The summed E-state index contributed by atoms with van der Waals surface area (Å²) in [5, 5.41) is 46.6. The van der Waals surface area contributed by atoms with E-state index in [4.69, 9.17) is 14.2 Å². The van der Waals surface area contributed by atoms with E-state index in [0.29, 0.717) is 29.2 Å². The van der Waals surface area contributed by atoms with E-state index in [9.17, 15) is 30.0 Å². The molecule has 2 fully saturated rings. The number of nitrogens with one attached hydrogen (secondary N) is 2. The lowest BCUT2D eigenvalue weighted by Gasteiger charge is -2.38. The fourth-order valence-corrected chi connectivity index (χ4v) is 5.32. The van der Waals surface area contributed by atoms with Gasteiger partial charge in [0.1, 0.15) is 35.5 Å². The summed E-state index contributed by atoms with van der Waals surface area (Å²) in [6.45, 7) is 2.24. The number of methoxy groups -OCH3 is 1. The molecule has 5 atom stereocenters. The summed E-state index contributed by atoms with van der Waals surface area (Å²) in [4.78, 5) is 31.2. The third-order valence-electron chi connectivity index (χ3n) is 7.89. The molecule has 0 spiro atoms. The Bertz CT molecular complexity index is 1420. The number of para-hydroxylation sites is 1. The van der Waals surface area contributed by atoms with Gasteiger partial charge in [-0.15, -0.1) is 0 Å². The zero-order valence-corrected chi connectivity index (χ0v) is 24.1. The topological polar surface area (TPSA) is 183 Å². The molecule has 1 amide bonds. The molecule has 0 unspecified atom stereocenters. The normalized spacial score (nSPS) is 23.9. The van der Waals surface area contributed by atoms with Gasteiger partial charge in [-0.2, -0.15) is 0 Å². The molecule has 2 aromatic carbocycles. The number of rotatable bonds is 10. The molecule has 2 saturated heterocycles. The standard InChI is InChI=1S/C31H36N4O9/c1-42-21-7-5-19(6-8-21)29(39)34-22-3-2-4-23(43-31-27(38)25(36)26(37)28(44-31)30(40)41)24(22)33-17-18-11-15-35(16-12-18)20-9-13-32-14-10-20/h2-10,13-14,18,25-28,31,33,36-38H,11-12,15-17H2,1H3,(H,34,39)(H,40,41)/t25-,26-,27+,28-,31+/m0/s1. The highest BCUT2D eigenvalue weighted by Gasteiger charge is 2.48. The van der Waals surface area contributed by atoms with Gasteiger partial charge in [-0.25, -0.2) is 4.79 Å². The van der Waals surface area contributed by atoms with Gasteiger partial charge < -0.3 is 50.2 Å². The van der Waals surface area contributed by atoms with Gasteiger partial charge in [-0.3, -0.25) is 9.78 Å². The van der Waals surface area contributed by atoms with Crippen molar-refractivity contribution in [2.24, 2.45) is 5.92 Å². The summed E-state index contributed by atoms with van der Waals surface area (Å²) in [6, 6.07) is 15.4.